The van der Waals surface area contributed by atoms with Gasteiger partial charge in [0.25, 0.3) is 5.91 Å². The molecule has 6 nitrogen and oxygen atoms in total. The third-order valence-corrected chi connectivity index (χ3v) is 3.54. The Hall–Kier alpha value is -2.84. The van der Waals surface area contributed by atoms with Gasteiger partial charge in [0.15, 0.2) is 5.69 Å². The zero-order valence-corrected chi connectivity index (χ0v) is 12.4. The topological polar surface area (TPSA) is 86.5 Å². The van der Waals surface area contributed by atoms with Gasteiger partial charge in [0.1, 0.15) is 5.82 Å². The maximum absolute atomic E-state index is 12.8. The van der Waals surface area contributed by atoms with Crippen molar-refractivity contribution in [3.8, 4) is 0 Å². The Morgan fingerprint density at radius 2 is 2.12 bits per heavy atom. The number of halogens is 3. The van der Waals surface area contributed by atoms with Crippen LogP contribution in [0.5, 0.6) is 0 Å². The van der Waals surface area contributed by atoms with Crippen LogP contribution in [0, 0.1) is 0 Å². The van der Waals surface area contributed by atoms with E-state index in [1.165, 1.54) is 6.07 Å². The molecule has 0 spiro atoms. The first-order valence-electron chi connectivity index (χ1n) is 7.27. The zero-order chi connectivity index (χ0) is 17.2. The van der Waals surface area contributed by atoms with Crippen LogP contribution < -0.4 is 5.32 Å². The first-order chi connectivity index (χ1) is 11.4. The SMILES string of the molecule is O=C(NCCCc1ncc[nH]1)c1n[nH]c2ccc(C(F)(F)F)cc12. The van der Waals surface area contributed by atoms with E-state index in [0.29, 0.717) is 24.9 Å². The molecule has 0 saturated heterocycles. The highest BCUT2D eigenvalue weighted by Crippen LogP contribution is 2.31. The van der Waals surface area contributed by atoms with Crippen molar-refractivity contribution < 1.29 is 18.0 Å². The summed E-state index contributed by atoms with van der Waals surface area (Å²) in [5.41, 5.74) is -0.485. The molecule has 0 unspecified atom stereocenters. The number of nitrogens with one attached hydrogen (secondary N) is 3. The summed E-state index contributed by atoms with van der Waals surface area (Å²) in [5.74, 6) is 0.296. The number of alkyl halides is 3. The molecule has 0 radical (unpaired) electrons. The lowest BCUT2D eigenvalue weighted by atomic mass is 10.1. The molecular weight excluding hydrogens is 323 g/mol. The maximum atomic E-state index is 12.8. The molecular formula is C15H14F3N5O. The molecule has 2 heterocycles. The van der Waals surface area contributed by atoms with Gasteiger partial charge in [-0.2, -0.15) is 18.3 Å². The number of amides is 1. The van der Waals surface area contributed by atoms with E-state index in [-0.39, 0.29) is 11.1 Å². The van der Waals surface area contributed by atoms with Crippen LogP contribution in [-0.2, 0) is 12.6 Å². The molecule has 0 bridgehead atoms. The van der Waals surface area contributed by atoms with Crippen molar-refractivity contribution in [3.63, 3.8) is 0 Å². The molecule has 0 fully saturated rings. The number of imidazole rings is 1. The summed E-state index contributed by atoms with van der Waals surface area (Å²) >= 11 is 0. The van der Waals surface area contributed by atoms with Crippen molar-refractivity contribution in [2.75, 3.05) is 6.54 Å². The molecule has 9 heteroatoms. The lowest BCUT2D eigenvalue weighted by Crippen LogP contribution is -2.25. The molecule has 24 heavy (non-hydrogen) atoms. The molecule has 0 aliphatic heterocycles. The van der Waals surface area contributed by atoms with Crippen LogP contribution in [0.4, 0.5) is 13.2 Å². The summed E-state index contributed by atoms with van der Waals surface area (Å²) in [6.07, 6.45) is 0.189. The van der Waals surface area contributed by atoms with E-state index in [1.807, 2.05) is 0 Å². The van der Waals surface area contributed by atoms with Gasteiger partial charge >= 0.3 is 6.18 Å². The Morgan fingerprint density at radius 3 is 2.83 bits per heavy atom. The van der Waals surface area contributed by atoms with Crippen LogP contribution in [0.1, 0.15) is 28.3 Å². The molecule has 1 amide bonds. The molecule has 3 rings (SSSR count). The number of hydrogen-bond acceptors (Lipinski definition) is 3. The summed E-state index contributed by atoms with van der Waals surface area (Å²) in [6.45, 7) is 0.368. The first-order valence-corrected chi connectivity index (χ1v) is 7.27. The monoisotopic (exact) mass is 337 g/mol. The zero-order valence-electron chi connectivity index (χ0n) is 12.4. The maximum Gasteiger partial charge on any atom is 0.416 e. The van der Waals surface area contributed by atoms with Gasteiger partial charge in [-0.25, -0.2) is 4.98 Å². The number of benzene rings is 1. The normalized spacial score (nSPS) is 11.8. The van der Waals surface area contributed by atoms with Gasteiger partial charge in [-0.15, -0.1) is 0 Å². The number of rotatable bonds is 5. The molecule has 0 atom stereocenters. The Kier molecular flexibility index (Phi) is 4.24. The summed E-state index contributed by atoms with van der Waals surface area (Å²) < 4.78 is 38.4. The van der Waals surface area contributed by atoms with Gasteiger partial charge < -0.3 is 10.3 Å². The van der Waals surface area contributed by atoms with E-state index >= 15 is 0 Å². The quantitative estimate of drug-likeness (QED) is 0.626. The average Bonchev–Trinajstić information content (AvgIpc) is 3.19. The van der Waals surface area contributed by atoms with Crippen molar-refractivity contribution in [2.24, 2.45) is 0 Å². The van der Waals surface area contributed by atoms with Crippen molar-refractivity contribution in [1.82, 2.24) is 25.5 Å². The second-order valence-electron chi connectivity index (χ2n) is 5.23. The highest BCUT2D eigenvalue weighted by molar-refractivity contribution is 6.04. The molecule has 0 aliphatic carbocycles. The van der Waals surface area contributed by atoms with Crippen LogP contribution in [0.3, 0.4) is 0 Å². The van der Waals surface area contributed by atoms with Crippen LogP contribution in [0.2, 0.25) is 0 Å². The van der Waals surface area contributed by atoms with Gasteiger partial charge in [0, 0.05) is 30.7 Å². The van der Waals surface area contributed by atoms with Crippen LogP contribution >= 0.6 is 0 Å². The third kappa shape index (κ3) is 3.39. The van der Waals surface area contributed by atoms with Gasteiger partial charge in [-0.05, 0) is 24.6 Å². The Labute approximate surface area is 134 Å². The summed E-state index contributed by atoms with van der Waals surface area (Å²) in [4.78, 5) is 19.2. The Morgan fingerprint density at radius 1 is 1.29 bits per heavy atom. The third-order valence-electron chi connectivity index (χ3n) is 3.54. The average molecular weight is 337 g/mol. The number of fused-ring (bicyclic) bond motifs is 1. The molecule has 3 aromatic rings. The highest BCUT2D eigenvalue weighted by Gasteiger charge is 2.31. The van der Waals surface area contributed by atoms with E-state index in [1.54, 1.807) is 12.4 Å². The second-order valence-corrected chi connectivity index (χ2v) is 5.23. The molecule has 0 saturated carbocycles. The van der Waals surface area contributed by atoms with Crippen molar-refractivity contribution in [1.29, 1.82) is 0 Å². The fourth-order valence-corrected chi connectivity index (χ4v) is 2.34. The number of carbonyl (C=O) groups is 1. The predicted octanol–water partition coefficient (Wildman–Crippen LogP) is 2.67. The fraction of sp³-hybridized carbons (Fsp3) is 0.267. The van der Waals surface area contributed by atoms with Gasteiger partial charge in [0.05, 0.1) is 11.1 Å². The summed E-state index contributed by atoms with van der Waals surface area (Å²) in [6, 6.07) is 3.14. The van der Waals surface area contributed by atoms with E-state index in [2.05, 4.69) is 25.5 Å². The van der Waals surface area contributed by atoms with E-state index in [0.717, 1.165) is 18.0 Å². The fourth-order valence-electron chi connectivity index (χ4n) is 2.34. The van der Waals surface area contributed by atoms with Crippen molar-refractivity contribution in [3.05, 3.63) is 47.7 Å². The molecule has 2 aromatic heterocycles. The van der Waals surface area contributed by atoms with Crippen LogP contribution in [0.15, 0.2) is 30.6 Å². The number of aromatic amines is 2. The minimum absolute atomic E-state index is 0.0471. The van der Waals surface area contributed by atoms with Gasteiger partial charge in [-0.3, -0.25) is 9.89 Å². The summed E-state index contributed by atoms with van der Waals surface area (Å²) in [7, 11) is 0. The number of carbonyl (C=O) groups excluding carboxylic acids is 1. The molecule has 126 valence electrons. The van der Waals surface area contributed by atoms with Crippen molar-refractivity contribution >= 4 is 16.8 Å². The largest absolute Gasteiger partial charge is 0.416 e. The minimum Gasteiger partial charge on any atom is -0.351 e. The smallest absolute Gasteiger partial charge is 0.351 e. The number of hydrogen-bond donors (Lipinski definition) is 3. The number of H-pyrrole nitrogens is 2. The summed E-state index contributed by atoms with van der Waals surface area (Å²) in [5, 5.41) is 9.19. The molecule has 1 aromatic carbocycles. The first kappa shape index (κ1) is 16.0. The Balaban J connectivity index is 1.68. The molecule has 0 aliphatic rings. The number of aromatic nitrogens is 4. The van der Waals surface area contributed by atoms with Crippen LogP contribution in [-0.4, -0.2) is 32.6 Å². The van der Waals surface area contributed by atoms with E-state index < -0.39 is 17.6 Å². The number of aryl methyl sites for hydroxylation is 1. The van der Waals surface area contributed by atoms with E-state index in [4.69, 9.17) is 0 Å². The standard InChI is InChI=1S/C15H14F3N5O/c16-15(17,18)9-3-4-11-10(8-9)13(23-22-11)14(24)21-5-1-2-12-19-6-7-20-12/h3-4,6-8H,1-2,5H2,(H,19,20)(H,21,24)(H,22,23). The predicted molar refractivity (Wildman–Crippen MR) is 80.3 cm³/mol. The Bertz CT molecular complexity index is 839. The minimum atomic E-state index is -4.47. The molecule has 3 N–H and O–H groups in total. The van der Waals surface area contributed by atoms with Gasteiger partial charge in [-0.1, -0.05) is 0 Å². The van der Waals surface area contributed by atoms with Crippen LogP contribution in [0.25, 0.3) is 10.9 Å². The van der Waals surface area contributed by atoms with Gasteiger partial charge in [0.2, 0.25) is 0 Å². The second kappa shape index (κ2) is 6.34. The lowest BCUT2D eigenvalue weighted by molar-refractivity contribution is -0.137. The lowest BCUT2D eigenvalue weighted by Gasteiger charge is -2.06. The highest BCUT2D eigenvalue weighted by atomic mass is 19.4. The van der Waals surface area contributed by atoms with E-state index in [9.17, 15) is 18.0 Å². The van der Waals surface area contributed by atoms with Crippen molar-refractivity contribution in [2.45, 2.75) is 19.0 Å². The number of nitrogens with zero attached hydrogens (tertiary/aromatic N) is 2.